The quantitative estimate of drug-likeness (QED) is 0.703. The highest BCUT2D eigenvalue weighted by molar-refractivity contribution is 5.77. The smallest absolute Gasteiger partial charge is 0.306 e. The topological polar surface area (TPSA) is 69.6 Å². The Morgan fingerprint density at radius 3 is 2.62 bits per heavy atom. The van der Waals surface area contributed by atoms with Crippen molar-refractivity contribution in [2.75, 3.05) is 27.2 Å². The maximum atomic E-state index is 11.3. The van der Waals surface area contributed by atoms with Gasteiger partial charge in [0, 0.05) is 14.1 Å². The molecule has 2 N–H and O–H groups in total. The number of hydrogen-bond acceptors (Lipinski definition) is 3. The lowest BCUT2D eigenvalue weighted by Gasteiger charge is -2.17. The van der Waals surface area contributed by atoms with Crippen LogP contribution in [0, 0.1) is 11.8 Å². The molecule has 0 spiro atoms. The van der Waals surface area contributed by atoms with Crippen LogP contribution in [0.15, 0.2) is 0 Å². The predicted octanol–water partition coefficient (Wildman–Crippen LogP) is 0.165. The van der Waals surface area contributed by atoms with Gasteiger partial charge in [0.1, 0.15) is 0 Å². The molecule has 16 heavy (non-hydrogen) atoms. The molecule has 1 fully saturated rings. The van der Waals surface area contributed by atoms with Crippen LogP contribution >= 0.6 is 0 Å². The van der Waals surface area contributed by atoms with Gasteiger partial charge in [-0.05, 0) is 25.3 Å². The number of hydrogen-bond donors (Lipinski definition) is 2. The first-order valence-corrected chi connectivity index (χ1v) is 5.66. The second-order valence-electron chi connectivity index (χ2n) is 4.55. The fourth-order valence-corrected chi connectivity index (χ4v) is 2.13. The monoisotopic (exact) mass is 228 g/mol. The molecule has 0 aromatic heterocycles. The number of carbonyl (C=O) groups is 2. The molecule has 0 aliphatic heterocycles. The van der Waals surface area contributed by atoms with E-state index in [1.807, 2.05) is 0 Å². The zero-order chi connectivity index (χ0) is 12.1. The van der Waals surface area contributed by atoms with E-state index in [4.69, 9.17) is 5.11 Å². The first kappa shape index (κ1) is 13.0. The highest BCUT2D eigenvalue weighted by Gasteiger charge is 2.32. The van der Waals surface area contributed by atoms with Crippen molar-refractivity contribution in [2.24, 2.45) is 11.8 Å². The van der Waals surface area contributed by atoms with Crippen LogP contribution in [0.5, 0.6) is 0 Å². The summed E-state index contributed by atoms with van der Waals surface area (Å²) in [6, 6.07) is 0. The van der Waals surface area contributed by atoms with Crippen LogP contribution < -0.4 is 5.32 Å². The minimum Gasteiger partial charge on any atom is -0.481 e. The van der Waals surface area contributed by atoms with Crippen LogP contribution in [0.4, 0.5) is 0 Å². The molecule has 5 nitrogen and oxygen atoms in total. The van der Waals surface area contributed by atoms with E-state index in [1.165, 1.54) is 4.90 Å². The molecule has 92 valence electrons. The van der Waals surface area contributed by atoms with E-state index in [1.54, 1.807) is 14.1 Å². The Labute approximate surface area is 95.8 Å². The van der Waals surface area contributed by atoms with Crippen molar-refractivity contribution in [3.63, 3.8) is 0 Å². The first-order valence-electron chi connectivity index (χ1n) is 5.66. The van der Waals surface area contributed by atoms with Crippen LogP contribution in [-0.2, 0) is 9.59 Å². The lowest BCUT2D eigenvalue weighted by molar-refractivity contribution is -0.142. The molecule has 1 aliphatic rings. The summed E-state index contributed by atoms with van der Waals surface area (Å²) in [7, 11) is 3.42. The van der Waals surface area contributed by atoms with Crippen molar-refractivity contribution in [1.29, 1.82) is 0 Å². The molecule has 5 heteroatoms. The second kappa shape index (κ2) is 5.84. The normalized spacial score (nSPS) is 24.4. The van der Waals surface area contributed by atoms with Crippen molar-refractivity contribution in [1.82, 2.24) is 10.2 Å². The average molecular weight is 228 g/mol. The van der Waals surface area contributed by atoms with E-state index in [9.17, 15) is 9.59 Å². The molecule has 2 atom stereocenters. The van der Waals surface area contributed by atoms with Gasteiger partial charge in [-0.15, -0.1) is 0 Å². The van der Waals surface area contributed by atoms with Gasteiger partial charge in [-0.25, -0.2) is 0 Å². The van der Waals surface area contributed by atoms with Gasteiger partial charge in [-0.3, -0.25) is 9.59 Å². The van der Waals surface area contributed by atoms with Gasteiger partial charge < -0.3 is 15.3 Å². The molecule has 2 unspecified atom stereocenters. The molecule has 1 rings (SSSR count). The van der Waals surface area contributed by atoms with Crippen LogP contribution in [0.1, 0.15) is 19.3 Å². The number of amides is 1. The molecular weight excluding hydrogens is 208 g/mol. The Bertz CT molecular complexity index is 266. The molecule has 0 aromatic carbocycles. The van der Waals surface area contributed by atoms with Gasteiger partial charge in [-0.2, -0.15) is 0 Å². The van der Waals surface area contributed by atoms with Crippen LogP contribution in [-0.4, -0.2) is 49.1 Å². The van der Waals surface area contributed by atoms with Gasteiger partial charge in [0.25, 0.3) is 0 Å². The lowest BCUT2D eigenvalue weighted by Crippen LogP contribution is -2.36. The van der Waals surface area contributed by atoms with Gasteiger partial charge in [0.15, 0.2) is 0 Å². The third kappa shape index (κ3) is 3.48. The van der Waals surface area contributed by atoms with E-state index in [0.29, 0.717) is 6.54 Å². The highest BCUT2D eigenvalue weighted by Crippen LogP contribution is 2.31. The lowest BCUT2D eigenvalue weighted by atomic mass is 9.96. The predicted molar refractivity (Wildman–Crippen MR) is 60.0 cm³/mol. The number of rotatable bonds is 5. The number of carboxylic acids is 1. The Balaban J connectivity index is 2.27. The molecule has 1 amide bonds. The summed E-state index contributed by atoms with van der Waals surface area (Å²) in [6.07, 6.45) is 2.69. The number of aliphatic carboxylic acids is 1. The molecule has 1 saturated carbocycles. The summed E-state index contributed by atoms with van der Waals surface area (Å²) in [6.45, 7) is 0.909. The number of nitrogens with zero attached hydrogens (tertiary/aromatic N) is 1. The molecular formula is C11H20N2O3. The van der Waals surface area contributed by atoms with Crippen molar-refractivity contribution < 1.29 is 14.7 Å². The summed E-state index contributed by atoms with van der Waals surface area (Å²) >= 11 is 0. The first-order chi connectivity index (χ1) is 7.52. The van der Waals surface area contributed by atoms with Crippen molar-refractivity contribution >= 4 is 11.9 Å². The van der Waals surface area contributed by atoms with E-state index in [-0.39, 0.29) is 24.3 Å². The Kier molecular flexibility index (Phi) is 4.73. The Morgan fingerprint density at radius 2 is 2.06 bits per heavy atom. The fourth-order valence-electron chi connectivity index (χ4n) is 2.13. The van der Waals surface area contributed by atoms with E-state index >= 15 is 0 Å². The van der Waals surface area contributed by atoms with E-state index in [2.05, 4.69) is 5.32 Å². The van der Waals surface area contributed by atoms with Crippen LogP contribution in [0.3, 0.4) is 0 Å². The molecule has 0 radical (unpaired) electrons. The standard InChI is InChI=1S/C11H20N2O3/c1-13(2)10(14)7-12-6-8-4-3-5-9(8)11(15)16/h8-9,12H,3-7H2,1-2H3,(H,15,16). The van der Waals surface area contributed by atoms with Gasteiger partial charge in [0.2, 0.25) is 5.91 Å². The van der Waals surface area contributed by atoms with E-state index in [0.717, 1.165) is 19.3 Å². The maximum Gasteiger partial charge on any atom is 0.306 e. The summed E-state index contributed by atoms with van der Waals surface area (Å²) in [5.41, 5.74) is 0. The molecule has 0 aromatic rings. The molecule has 0 bridgehead atoms. The summed E-state index contributed by atoms with van der Waals surface area (Å²) < 4.78 is 0. The van der Waals surface area contributed by atoms with Crippen molar-refractivity contribution in [2.45, 2.75) is 19.3 Å². The SMILES string of the molecule is CN(C)C(=O)CNCC1CCCC1C(=O)O. The Morgan fingerprint density at radius 1 is 1.38 bits per heavy atom. The van der Waals surface area contributed by atoms with Gasteiger partial charge in [-0.1, -0.05) is 6.42 Å². The number of carbonyl (C=O) groups excluding carboxylic acids is 1. The number of carboxylic acid groups (broad SMARTS) is 1. The average Bonchev–Trinajstić information content (AvgIpc) is 2.65. The highest BCUT2D eigenvalue weighted by atomic mass is 16.4. The fraction of sp³-hybridized carbons (Fsp3) is 0.818. The summed E-state index contributed by atoms with van der Waals surface area (Å²) in [5.74, 6) is -0.748. The van der Waals surface area contributed by atoms with Crippen LogP contribution in [0.2, 0.25) is 0 Å². The third-order valence-corrected chi connectivity index (χ3v) is 3.16. The second-order valence-corrected chi connectivity index (χ2v) is 4.55. The zero-order valence-electron chi connectivity index (χ0n) is 9.90. The van der Waals surface area contributed by atoms with Crippen molar-refractivity contribution in [3.05, 3.63) is 0 Å². The minimum atomic E-state index is -0.705. The number of nitrogens with one attached hydrogen (secondary N) is 1. The molecule has 0 saturated heterocycles. The van der Waals surface area contributed by atoms with E-state index < -0.39 is 5.97 Å². The van der Waals surface area contributed by atoms with Crippen molar-refractivity contribution in [3.8, 4) is 0 Å². The van der Waals surface area contributed by atoms with Gasteiger partial charge >= 0.3 is 5.97 Å². The Hall–Kier alpha value is -1.10. The summed E-state index contributed by atoms with van der Waals surface area (Å²) in [4.78, 5) is 23.7. The van der Waals surface area contributed by atoms with Crippen LogP contribution in [0.25, 0.3) is 0 Å². The largest absolute Gasteiger partial charge is 0.481 e. The maximum absolute atomic E-state index is 11.3. The van der Waals surface area contributed by atoms with Gasteiger partial charge in [0.05, 0.1) is 12.5 Å². The summed E-state index contributed by atoms with van der Waals surface area (Å²) in [5, 5.41) is 12.0. The number of likely N-dealkylation sites (N-methyl/N-ethyl adjacent to an activating group) is 1. The molecule has 0 heterocycles. The molecule has 1 aliphatic carbocycles. The third-order valence-electron chi connectivity index (χ3n) is 3.16. The minimum absolute atomic E-state index is 0.0184. The zero-order valence-corrected chi connectivity index (χ0v) is 9.90.